The van der Waals surface area contributed by atoms with Crippen LogP contribution in [0.3, 0.4) is 0 Å². The van der Waals surface area contributed by atoms with E-state index in [-0.39, 0.29) is 23.2 Å². The summed E-state index contributed by atoms with van der Waals surface area (Å²) in [5, 5.41) is 45.1. The van der Waals surface area contributed by atoms with E-state index in [1.807, 2.05) is 6.92 Å². The van der Waals surface area contributed by atoms with E-state index >= 15 is 0 Å². The highest BCUT2D eigenvalue weighted by Crippen LogP contribution is 2.70. The van der Waals surface area contributed by atoms with Gasteiger partial charge in [0.25, 0.3) is 0 Å². The number of hydrogen-bond donors (Lipinski definition) is 4. The normalized spacial score (nSPS) is 59.3. The van der Waals surface area contributed by atoms with Gasteiger partial charge in [-0.05, 0) is 75.5 Å². The monoisotopic (exact) mass is 366 g/mol. The van der Waals surface area contributed by atoms with Gasteiger partial charge in [-0.1, -0.05) is 13.8 Å². The molecule has 0 amide bonds. The maximum Gasteiger partial charge on any atom is 0.133 e. The molecule has 4 saturated carbocycles. The number of hydrogen-bond acceptors (Lipinski definition) is 5. The van der Waals surface area contributed by atoms with Crippen LogP contribution in [0.1, 0.15) is 72.1 Å². The fourth-order valence-corrected chi connectivity index (χ4v) is 7.87. The van der Waals surface area contributed by atoms with E-state index in [2.05, 4.69) is 6.92 Å². The van der Waals surface area contributed by atoms with E-state index in [0.717, 1.165) is 19.3 Å². The number of aliphatic hydroxyl groups is 4. The maximum absolute atomic E-state index is 12.3. The van der Waals surface area contributed by atoms with Crippen molar-refractivity contribution in [2.45, 2.75) is 95.5 Å². The summed E-state index contributed by atoms with van der Waals surface area (Å²) in [6.07, 6.45) is 3.73. The van der Waals surface area contributed by atoms with E-state index < -0.39 is 28.6 Å². The molecular weight excluding hydrogens is 332 g/mol. The Balaban J connectivity index is 1.79. The number of rotatable bonds is 1. The zero-order valence-electron chi connectivity index (χ0n) is 16.2. The Morgan fingerprint density at radius 2 is 1.65 bits per heavy atom. The Morgan fingerprint density at radius 1 is 0.962 bits per heavy atom. The van der Waals surface area contributed by atoms with E-state index in [0.29, 0.717) is 38.0 Å². The summed E-state index contributed by atoms with van der Waals surface area (Å²) in [4.78, 5) is 12.3. The van der Waals surface area contributed by atoms with Gasteiger partial charge in [-0.3, -0.25) is 4.79 Å². The average molecular weight is 366 g/mol. The lowest BCUT2D eigenvalue weighted by Gasteiger charge is -2.68. The van der Waals surface area contributed by atoms with Crippen LogP contribution in [-0.4, -0.2) is 49.6 Å². The van der Waals surface area contributed by atoms with Crippen LogP contribution in [0.25, 0.3) is 0 Å². The number of carbonyl (C=O) groups is 1. The lowest BCUT2D eigenvalue weighted by molar-refractivity contribution is -0.319. The molecule has 9 atom stereocenters. The van der Waals surface area contributed by atoms with Crippen molar-refractivity contribution < 1.29 is 25.2 Å². The molecule has 0 aromatic heterocycles. The molecule has 148 valence electrons. The summed E-state index contributed by atoms with van der Waals surface area (Å²) < 4.78 is 0. The molecule has 4 aliphatic rings. The van der Waals surface area contributed by atoms with Gasteiger partial charge >= 0.3 is 0 Å². The van der Waals surface area contributed by atoms with Crippen molar-refractivity contribution in [3.63, 3.8) is 0 Å². The number of ketones is 1. The van der Waals surface area contributed by atoms with Crippen LogP contribution >= 0.6 is 0 Å². The summed E-state index contributed by atoms with van der Waals surface area (Å²) in [5.41, 5.74) is -3.92. The molecule has 0 bridgehead atoms. The molecule has 4 N–H and O–H groups in total. The first-order valence-electron chi connectivity index (χ1n) is 10.3. The lowest BCUT2D eigenvalue weighted by Crippen LogP contribution is -2.76. The van der Waals surface area contributed by atoms with Gasteiger partial charge in [0.15, 0.2) is 0 Å². The number of aliphatic hydroxyl groups excluding tert-OH is 2. The molecule has 0 spiro atoms. The van der Waals surface area contributed by atoms with E-state index in [1.165, 1.54) is 6.92 Å². The fraction of sp³-hybridized carbons (Fsp3) is 0.952. The first-order chi connectivity index (χ1) is 12.0. The van der Waals surface area contributed by atoms with Gasteiger partial charge in [0.05, 0.1) is 17.8 Å². The average Bonchev–Trinajstić information content (AvgIpc) is 2.86. The Bertz CT molecular complexity index is 622. The number of Topliss-reactive ketones (excluding diaryl/α,β-unsaturated/α-hetero) is 1. The Kier molecular flexibility index (Phi) is 4.01. The molecule has 4 fully saturated rings. The zero-order chi connectivity index (χ0) is 19.1. The van der Waals surface area contributed by atoms with Gasteiger partial charge in [0.1, 0.15) is 11.4 Å². The third kappa shape index (κ3) is 1.98. The maximum atomic E-state index is 12.3. The topological polar surface area (TPSA) is 98.0 Å². The lowest BCUT2D eigenvalue weighted by atomic mass is 9.40. The van der Waals surface area contributed by atoms with Gasteiger partial charge in [0, 0.05) is 11.3 Å². The van der Waals surface area contributed by atoms with Crippen LogP contribution in [0.4, 0.5) is 0 Å². The molecule has 0 saturated heterocycles. The third-order valence-electron chi connectivity index (χ3n) is 9.52. The van der Waals surface area contributed by atoms with Crippen molar-refractivity contribution in [3.05, 3.63) is 0 Å². The van der Waals surface area contributed by atoms with Crippen LogP contribution < -0.4 is 0 Å². The summed E-state index contributed by atoms with van der Waals surface area (Å²) in [5.74, 6) is -0.321. The second-order valence-electron chi connectivity index (χ2n) is 10.2. The SMILES string of the molecule is CC(=O)C1CCC2(O)C3(O)CCC4CC(O)CCC4(C)C3CC(O)C12C. The first kappa shape index (κ1) is 18.9. The van der Waals surface area contributed by atoms with E-state index in [1.54, 1.807) is 0 Å². The van der Waals surface area contributed by atoms with E-state index in [4.69, 9.17) is 0 Å². The first-order valence-corrected chi connectivity index (χ1v) is 10.3. The minimum Gasteiger partial charge on any atom is -0.393 e. The van der Waals surface area contributed by atoms with Gasteiger partial charge in [0.2, 0.25) is 0 Å². The Labute approximate surface area is 155 Å². The Hall–Kier alpha value is -0.490. The van der Waals surface area contributed by atoms with Crippen molar-refractivity contribution in [2.75, 3.05) is 0 Å². The number of carbonyl (C=O) groups excluding carboxylic acids is 1. The molecule has 0 aromatic rings. The highest BCUT2D eigenvalue weighted by Gasteiger charge is 2.76. The van der Waals surface area contributed by atoms with Crippen LogP contribution in [-0.2, 0) is 4.79 Å². The second kappa shape index (κ2) is 5.53. The van der Waals surface area contributed by atoms with Crippen molar-refractivity contribution >= 4 is 5.78 Å². The fourth-order valence-electron chi connectivity index (χ4n) is 7.87. The Morgan fingerprint density at radius 3 is 2.31 bits per heavy atom. The molecule has 5 heteroatoms. The molecule has 26 heavy (non-hydrogen) atoms. The summed E-state index contributed by atoms with van der Waals surface area (Å²) in [6.45, 7) is 5.52. The highest BCUT2D eigenvalue weighted by atomic mass is 16.4. The molecule has 0 heterocycles. The van der Waals surface area contributed by atoms with Crippen LogP contribution in [0, 0.1) is 28.6 Å². The van der Waals surface area contributed by atoms with Crippen molar-refractivity contribution in [2.24, 2.45) is 28.6 Å². The van der Waals surface area contributed by atoms with Gasteiger partial charge in [-0.2, -0.15) is 0 Å². The third-order valence-corrected chi connectivity index (χ3v) is 9.52. The molecule has 9 unspecified atom stereocenters. The largest absolute Gasteiger partial charge is 0.393 e. The molecule has 0 aromatic carbocycles. The van der Waals surface area contributed by atoms with E-state index in [9.17, 15) is 25.2 Å². The minimum absolute atomic E-state index is 0.00906. The standard InChI is InChI=1S/C21H34O5/c1-12(22)15-6-9-21(26)19(15,3)17(24)11-16-18(2)7-5-14(23)10-13(18)4-8-20(16,21)25/h13-17,23-26H,4-11H2,1-3H3. The minimum atomic E-state index is -1.44. The van der Waals surface area contributed by atoms with Crippen LogP contribution in [0.5, 0.6) is 0 Å². The molecular formula is C21H34O5. The predicted molar refractivity (Wildman–Crippen MR) is 96.2 cm³/mol. The molecule has 4 rings (SSSR count). The quantitative estimate of drug-likeness (QED) is 0.567. The smallest absolute Gasteiger partial charge is 0.133 e. The van der Waals surface area contributed by atoms with Gasteiger partial charge < -0.3 is 20.4 Å². The summed E-state index contributed by atoms with van der Waals surface area (Å²) in [6, 6.07) is 0. The van der Waals surface area contributed by atoms with Crippen molar-refractivity contribution in [1.29, 1.82) is 0 Å². The molecule has 0 aliphatic heterocycles. The molecule has 0 radical (unpaired) electrons. The predicted octanol–water partition coefficient (Wildman–Crippen LogP) is 1.80. The zero-order valence-corrected chi connectivity index (χ0v) is 16.2. The van der Waals surface area contributed by atoms with Gasteiger partial charge in [-0.15, -0.1) is 0 Å². The summed E-state index contributed by atoms with van der Waals surface area (Å²) >= 11 is 0. The second-order valence-corrected chi connectivity index (χ2v) is 10.2. The highest BCUT2D eigenvalue weighted by molar-refractivity contribution is 5.80. The van der Waals surface area contributed by atoms with Crippen molar-refractivity contribution in [1.82, 2.24) is 0 Å². The van der Waals surface area contributed by atoms with Crippen LogP contribution in [0.15, 0.2) is 0 Å². The number of fused-ring (bicyclic) bond motifs is 5. The van der Waals surface area contributed by atoms with Gasteiger partial charge in [-0.25, -0.2) is 0 Å². The summed E-state index contributed by atoms with van der Waals surface area (Å²) in [7, 11) is 0. The molecule has 4 aliphatic carbocycles. The van der Waals surface area contributed by atoms with Crippen molar-refractivity contribution in [3.8, 4) is 0 Å². The molecule has 5 nitrogen and oxygen atoms in total. The van der Waals surface area contributed by atoms with Crippen LogP contribution in [0.2, 0.25) is 0 Å².